The van der Waals surface area contributed by atoms with Crippen LogP contribution in [0.15, 0.2) is 0 Å². The summed E-state index contributed by atoms with van der Waals surface area (Å²) in [4.78, 5) is 11.4. The monoisotopic (exact) mass is 260 g/mol. The van der Waals surface area contributed by atoms with Crippen LogP contribution in [0.1, 0.15) is 24.8 Å². The second-order valence-electron chi connectivity index (χ2n) is 3.49. The average Bonchev–Trinajstić information content (AvgIpc) is 2.66. The molecule has 0 saturated heterocycles. The van der Waals surface area contributed by atoms with Crippen molar-refractivity contribution in [1.82, 2.24) is 10.2 Å². The van der Waals surface area contributed by atoms with E-state index in [1.807, 2.05) is 13.8 Å². The van der Waals surface area contributed by atoms with Gasteiger partial charge in [-0.2, -0.15) is 11.8 Å². The highest BCUT2D eigenvalue weighted by atomic mass is 32.2. The molecule has 0 atom stereocenters. The number of carbonyl (C=O) groups excluding carboxylic acids is 1. The highest BCUT2D eigenvalue weighted by Crippen LogP contribution is 2.22. The molecule has 0 unspecified atom stereocenters. The number of hydrogen-bond acceptors (Lipinski definition) is 6. The normalized spacial score (nSPS) is 10.8. The van der Waals surface area contributed by atoms with E-state index in [1.54, 1.807) is 0 Å². The molecule has 5 nitrogen and oxygen atoms in total. The van der Waals surface area contributed by atoms with Gasteiger partial charge in [0.05, 0.1) is 5.75 Å². The first-order valence-corrected chi connectivity index (χ1v) is 7.01. The third-order valence-electron chi connectivity index (χ3n) is 1.68. The molecular formula is C9H16N4OS2. The maximum absolute atomic E-state index is 11.4. The summed E-state index contributed by atoms with van der Waals surface area (Å²) in [6.07, 6.45) is 0. The van der Waals surface area contributed by atoms with Crippen LogP contribution in [-0.2, 0) is 4.79 Å². The molecule has 7 heteroatoms. The number of amides is 1. The Bertz CT molecular complexity index is 340. The van der Waals surface area contributed by atoms with E-state index in [0.717, 1.165) is 10.8 Å². The third-order valence-corrected chi connectivity index (χ3v) is 3.81. The van der Waals surface area contributed by atoms with Crippen molar-refractivity contribution >= 4 is 34.1 Å². The van der Waals surface area contributed by atoms with Gasteiger partial charge in [0.2, 0.25) is 11.0 Å². The van der Waals surface area contributed by atoms with Gasteiger partial charge < -0.3 is 5.73 Å². The molecule has 0 aromatic carbocycles. The van der Waals surface area contributed by atoms with Gasteiger partial charge in [0, 0.05) is 18.2 Å². The minimum Gasteiger partial charge on any atom is -0.330 e. The summed E-state index contributed by atoms with van der Waals surface area (Å²) in [5, 5.41) is 12.1. The van der Waals surface area contributed by atoms with Crippen LogP contribution in [0.25, 0.3) is 0 Å². The van der Waals surface area contributed by atoms with Gasteiger partial charge in [-0.3, -0.25) is 10.1 Å². The Kier molecular flexibility index (Phi) is 5.72. The molecule has 16 heavy (non-hydrogen) atoms. The van der Waals surface area contributed by atoms with Crippen molar-refractivity contribution in [2.24, 2.45) is 5.73 Å². The molecule has 0 aliphatic heterocycles. The van der Waals surface area contributed by atoms with E-state index < -0.39 is 0 Å². The second-order valence-corrected chi connectivity index (χ2v) is 5.60. The van der Waals surface area contributed by atoms with E-state index >= 15 is 0 Å². The fraction of sp³-hybridized carbons (Fsp3) is 0.667. The Morgan fingerprint density at radius 2 is 2.31 bits per heavy atom. The lowest BCUT2D eigenvalue weighted by molar-refractivity contribution is -0.113. The Morgan fingerprint density at radius 3 is 2.88 bits per heavy atom. The van der Waals surface area contributed by atoms with E-state index in [9.17, 15) is 4.79 Å². The zero-order chi connectivity index (χ0) is 12.0. The van der Waals surface area contributed by atoms with Crippen LogP contribution in [0.5, 0.6) is 0 Å². The Morgan fingerprint density at radius 1 is 1.56 bits per heavy atom. The molecule has 1 aromatic rings. The molecule has 0 radical (unpaired) electrons. The molecule has 0 aliphatic rings. The van der Waals surface area contributed by atoms with Crippen LogP contribution in [0.4, 0.5) is 5.13 Å². The van der Waals surface area contributed by atoms with Crippen LogP contribution in [0.2, 0.25) is 0 Å². The van der Waals surface area contributed by atoms with E-state index in [4.69, 9.17) is 5.73 Å². The average molecular weight is 260 g/mol. The van der Waals surface area contributed by atoms with Gasteiger partial charge in [0.25, 0.3) is 0 Å². The summed E-state index contributed by atoms with van der Waals surface area (Å²) in [6, 6.07) is 0. The largest absolute Gasteiger partial charge is 0.330 e. The predicted octanol–water partition coefficient (Wildman–Crippen LogP) is 1.29. The van der Waals surface area contributed by atoms with Crippen molar-refractivity contribution in [2.75, 3.05) is 23.4 Å². The first-order valence-electron chi connectivity index (χ1n) is 5.04. The van der Waals surface area contributed by atoms with Gasteiger partial charge in [-0.1, -0.05) is 25.2 Å². The van der Waals surface area contributed by atoms with Gasteiger partial charge in [-0.25, -0.2) is 0 Å². The molecule has 1 aromatic heterocycles. The van der Waals surface area contributed by atoms with Crippen LogP contribution in [0, 0.1) is 0 Å². The lowest BCUT2D eigenvalue weighted by atomic mass is 10.2. The summed E-state index contributed by atoms with van der Waals surface area (Å²) in [6.45, 7) is 4.68. The van der Waals surface area contributed by atoms with Crippen LogP contribution >= 0.6 is 23.1 Å². The number of aromatic nitrogens is 2. The first-order chi connectivity index (χ1) is 7.63. The Labute approximate surface area is 103 Å². The molecule has 3 N–H and O–H groups in total. The number of thioether (sulfide) groups is 1. The van der Waals surface area contributed by atoms with Crippen LogP contribution in [0.3, 0.4) is 0 Å². The highest BCUT2D eigenvalue weighted by molar-refractivity contribution is 7.99. The molecule has 90 valence electrons. The predicted molar refractivity (Wildman–Crippen MR) is 69.0 cm³/mol. The molecule has 0 spiro atoms. The summed E-state index contributed by atoms with van der Waals surface area (Å²) in [7, 11) is 0. The maximum atomic E-state index is 11.4. The van der Waals surface area contributed by atoms with Crippen LogP contribution in [-0.4, -0.2) is 34.2 Å². The van der Waals surface area contributed by atoms with Gasteiger partial charge in [0.15, 0.2) is 0 Å². The smallest absolute Gasteiger partial charge is 0.236 e. The minimum atomic E-state index is -0.0510. The van der Waals surface area contributed by atoms with Crippen molar-refractivity contribution in [3.8, 4) is 0 Å². The lowest BCUT2D eigenvalue weighted by Crippen LogP contribution is -2.15. The highest BCUT2D eigenvalue weighted by Gasteiger charge is 2.09. The summed E-state index contributed by atoms with van der Waals surface area (Å²) in [5.74, 6) is 1.49. The van der Waals surface area contributed by atoms with Crippen LogP contribution < -0.4 is 11.1 Å². The molecule has 0 saturated carbocycles. The molecule has 1 rings (SSSR count). The van der Waals surface area contributed by atoms with Gasteiger partial charge in [-0.15, -0.1) is 10.2 Å². The van der Waals surface area contributed by atoms with Gasteiger partial charge >= 0.3 is 0 Å². The SMILES string of the molecule is CC(C)c1nnc(NC(=O)CSCCN)s1. The van der Waals surface area contributed by atoms with E-state index in [-0.39, 0.29) is 5.91 Å². The Balaban J connectivity index is 2.37. The molecule has 1 heterocycles. The topological polar surface area (TPSA) is 80.9 Å². The number of anilines is 1. The van der Waals surface area contributed by atoms with Crippen molar-refractivity contribution in [1.29, 1.82) is 0 Å². The zero-order valence-electron chi connectivity index (χ0n) is 9.40. The van der Waals surface area contributed by atoms with Crippen molar-refractivity contribution in [2.45, 2.75) is 19.8 Å². The summed E-state index contributed by atoms with van der Waals surface area (Å²) >= 11 is 2.93. The summed E-state index contributed by atoms with van der Waals surface area (Å²) < 4.78 is 0. The fourth-order valence-corrected chi connectivity index (χ4v) is 2.25. The number of carbonyl (C=O) groups is 1. The maximum Gasteiger partial charge on any atom is 0.236 e. The zero-order valence-corrected chi connectivity index (χ0v) is 11.0. The standard InChI is InChI=1S/C9H16N4OS2/c1-6(2)8-12-13-9(16-8)11-7(14)5-15-4-3-10/h6H,3-5,10H2,1-2H3,(H,11,13,14). The second kappa shape index (κ2) is 6.82. The summed E-state index contributed by atoms with van der Waals surface area (Å²) in [5.41, 5.74) is 5.33. The van der Waals surface area contributed by atoms with E-state index in [1.165, 1.54) is 23.1 Å². The van der Waals surface area contributed by atoms with Crippen molar-refractivity contribution < 1.29 is 4.79 Å². The minimum absolute atomic E-state index is 0.0510. The van der Waals surface area contributed by atoms with Gasteiger partial charge in [-0.05, 0) is 0 Å². The van der Waals surface area contributed by atoms with E-state index in [0.29, 0.717) is 23.3 Å². The molecule has 0 fully saturated rings. The quantitative estimate of drug-likeness (QED) is 0.753. The van der Waals surface area contributed by atoms with Gasteiger partial charge in [0.1, 0.15) is 5.01 Å². The fourth-order valence-electron chi connectivity index (χ4n) is 0.922. The Hall–Kier alpha value is -0.660. The third kappa shape index (κ3) is 4.46. The molecule has 1 amide bonds. The number of nitrogens with one attached hydrogen (secondary N) is 1. The molecule has 0 bridgehead atoms. The first kappa shape index (κ1) is 13.4. The number of nitrogens with zero attached hydrogens (tertiary/aromatic N) is 2. The number of nitrogens with two attached hydrogens (primary N) is 1. The molecule has 0 aliphatic carbocycles. The van der Waals surface area contributed by atoms with Crippen molar-refractivity contribution in [3.63, 3.8) is 0 Å². The number of hydrogen-bond donors (Lipinski definition) is 2. The molecular weight excluding hydrogens is 244 g/mol. The van der Waals surface area contributed by atoms with Crippen molar-refractivity contribution in [3.05, 3.63) is 5.01 Å². The lowest BCUT2D eigenvalue weighted by Gasteiger charge is -1.99. The number of rotatable bonds is 6. The van der Waals surface area contributed by atoms with E-state index in [2.05, 4.69) is 15.5 Å².